The number of hydrogen-bond donors (Lipinski definition) is 2. The van der Waals surface area contributed by atoms with Crippen molar-refractivity contribution in [2.24, 2.45) is 0 Å². The van der Waals surface area contributed by atoms with Crippen molar-refractivity contribution in [2.75, 3.05) is 20.6 Å². The summed E-state index contributed by atoms with van der Waals surface area (Å²) >= 11 is 6.23. The first-order valence-corrected chi connectivity index (χ1v) is 16.5. The lowest BCUT2D eigenvalue weighted by molar-refractivity contribution is 0.102. The lowest BCUT2D eigenvalue weighted by atomic mass is 10.1. The molecule has 5 aromatic rings. The summed E-state index contributed by atoms with van der Waals surface area (Å²) in [7, 11) is -7.52. The fourth-order valence-corrected chi connectivity index (χ4v) is 6.55. The maximum Gasteiger partial charge on any atom is 0.261 e. The molecule has 0 bridgehead atoms. The molecule has 2 N–H and O–H groups in total. The fraction of sp³-hybridized carbons (Fsp3) is 0.0645. The number of nitrogens with zero attached hydrogens (tertiary/aromatic N) is 1. The maximum atomic E-state index is 13.0. The second kappa shape index (κ2) is 11.8. The molecule has 0 radical (unpaired) electrons. The van der Waals surface area contributed by atoms with Gasteiger partial charge in [-0.25, -0.2) is 16.8 Å². The third-order valence-corrected chi connectivity index (χ3v) is 9.44. The molecule has 0 aromatic heterocycles. The Kier molecular flexibility index (Phi) is 8.22. The molecule has 5 rings (SSSR count). The molecule has 11 heteroatoms. The fourth-order valence-electron chi connectivity index (χ4n) is 4.40. The molecule has 8 nitrogen and oxygen atoms in total. The van der Waals surface area contributed by atoms with E-state index >= 15 is 0 Å². The predicted molar refractivity (Wildman–Crippen MR) is 168 cm³/mol. The van der Waals surface area contributed by atoms with E-state index in [1.54, 1.807) is 48.5 Å². The van der Waals surface area contributed by atoms with Crippen LogP contribution >= 0.6 is 11.6 Å². The molecule has 0 fully saturated rings. The van der Waals surface area contributed by atoms with Crippen molar-refractivity contribution in [3.05, 3.63) is 131 Å². The number of halogens is 1. The molecule has 0 aliphatic carbocycles. The Morgan fingerprint density at radius 2 is 1.40 bits per heavy atom. The van der Waals surface area contributed by atoms with Gasteiger partial charge in [0, 0.05) is 21.7 Å². The summed E-state index contributed by atoms with van der Waals surface area (Å²) in [5.41, 5.74) is 2.17. The Hall–Kier alpha value is -4.38. The minimum Gasteiger partial charge on any atom is -0.322 e. The van der Waals surface area contributed by atoms with E-state index in [9.17, 15) is 21.6 Å². The Bertz CT molecular complexity index is 1970. The molecule has 0 saturated carbocycles. The van der Waals surface area contributed by atoms with E-state index in [0.717, 1.165) is 17.0 Å². The number of amides is 1. The predicted octanol–water partition coefficient (Wildman–Crippen LogP) is 6.51. The molecule has 0 unspecified atom stereocenters. The number of benzene rings is 5. The van der Waals surface area contributed by atoms with E-state index in [2.05, 4.69) is 10.0 Å². The first-order valence-electron chi connectivity index (χ1n) is 12.7. The zero-order valence-corrected chi connectivity index (χ0v) is 24.7. The van der Waals surface area contributed by atoms with Gasteiger partial charge in [-0.3, -0.25) is 13.8 Å². The number of rotatable bonds is 9. The third-order valence-electron chi connectivity index (χ3n) is 6.55. The molecule has 5 aromatic carbocycles. The van der Waals surface area contributed by atoms with Crippen LogP contribution in [0.1, 0.15) is 15.9 Å². The Morgan fingerprint density at radius 3 is 2.10 bits per heavy atom. The quantitative estimate of drug-likeness (QED) is 0.195. The number of carbonyl (C=O) groups is 1. The normalized spacial score (nSPS) is 11.7. The summed E-state index contributed by atoms with van der Waals surface area (Å²) in [6.07, 6.45) is 1.10. The molecule has 0 spiro atoms. The number of fused-ring (bicyclic) bond motifs is 1. The maximum absolute atomic E-state index is 13.0. The zero-order chi connectivity index (χ0) is 29.9. The number of anilines is 3. The number of hydrogen-bond acceptors (Lipinski definition) is 5. The summed E-state index contributed by atoms with van der Waals surface area (Å²) < 4.78 is 55.0. The van der Waals surface area contributed by atoms with Crippen LogP contribution in [0.15, 0.2) is 120 Å². The first-order chi connectivity index (χ1) is 20.0. The SMILES string of the molecule is CS(=O)(=O)N(Cc1ccccc1Cl)c1ccc(C(=O)Nc2ccc(S(=O)(=O)Nc3cccc4ccccc34)cc2)cc1. The highest BCUT2D eigenvalue weighted by atomic mass is 35.5. The van der Waals surface area contributed by atoms with Gasteiger partial charge in [0.05, 0.1) is 29.1 Å². The van der Waals surface area contributed by atoms with Crippen LogP contribution in [0.3, 0.4) is 0 Å². The van der Waals surface area contributed by atoms with Gasteiger partial charge in [-0.1, -0.05) is 66.2 Å². The average Bonchev–Trinajstić information content (AvgIpc) is 2.96. The van der Waals surface area contributed by atoms with Crippen molar-refractivity contribution < 1.29 is 21.6 Å². The van der Waals surface area contributed by atoms with Crippen LogP contribution in [0.25, 0.3) is 10.8 Å². The average molecular weight is 620 g/mol. The third kappa shape index (κ3) is 6.57. The Labute approximate surface area is 249 Å². The van der Waals surface area contributed by atoms with Crippen molar-refractivity contribution in [3.63, 3.8) is 0 Å². The van der Waals surface area contributed by atoms with Crippen molar-refractivity contribution >= 4 is 65.4 Å². The van der Waals surface area contributed by atoms with Gasteiger partial charge in [0.25, 0.3) is 15.9 Å². The summed E-state index contributed by atoms with van der Waals surface area (Å²) in [5.74, 6) is -0.442. The molecule has 0 atom stereocenters. The highest BCUT2D eigenvalue weighted by molar-refractivity contribution is 7.92. The van der Waals surface area contributed by atoms with Crippen LogP contribution < -0.4 is 14.3 Å². The summed E-state index contributed by atoms with van der Waals surface area (Å²) in [6.45, 7) is 0.0364. The van der Waals surface area contributed by atoms with Crippen LogP contribution in [0.5, 0.6) is 0 Å². The van der Waals surface area contributed by atoms with E-state index in [1.807, 2.05) is 30.3 Å². The standard InChI is InChI=1S/C31H26ClN3O5S2/c1-41(37,38)35(21-24-8-3-5-11-29(24)32)26-17-13-23(14-18-26)31(36)33-25-15-19-27(20-16-25)42(39,40)34-30-12-6-9-22-7-2-4-10-28(22)30/h2-20,34H,21H2,1H3,(H,33,36). The molecule has 0 aliphatic rings. The number of sulfonamides is 2. The number of carbonyl (C=O) groups excluding carboxylic acids is 1. The van der Waals surface area contributed by atoms with Gasteiger partial charge in [0.2, 0.25) is 10.0 Å². The van der Waals surface area contributed by atoms with Gasteiger partial charge in [-0.05, 0) is 71.6 Å². The summed E-state index contributed by atoms with van der Waals surface area (Å²) in [6, 6.07) is 31.8. The Balaban J connectivity index is 1.28. The molecular weight excluding hydrogens is 594 g/mol. The van der Waals surface area contributed by atoms with Crippen molar-refractivity contribution in [1.82, 2.24) is 0 Å². The topological polar surface area (TPSA) is 113 Å². The van der Waals surface area contributed by atoms with Crippen LogP contribution in [-0.4, -0.2) is 29.0 Å². The highest BCUT2D eigenvalue weighted by Gasteiger charge is 2.20. The second-order valence-corrected chi connectivity index (χ2v) is 13.5. The molecule has 1 amide bonds. The van der Waals surface area contributed by atoms with E-state index < -0.39 is 26.0 Å². The van der Waals surface area contributed by atoms with Crippen LogP contribution in [-0.2, 0) is 26.6 Å². The minimum absolute atomic E-state index is 0.0364. The van der Waals surface area contributed by atoms with E-state index in [-0.39, 0.29) is 11.4 Å². The van der Waals surface area contributed by atoms with Crippen molar-refractivity contribution in [3.8, 4) is 0 Å². The van der Waals surface area contributed by atoms with Crippen molar-refractivity contribution in [1.29, 1.82) is 0 Å². The second-order valence-electron chi connectivity index (χ2n) is 9.52. The number of nitrogens with one attached hydrogen (secondary N) is 2. The smallest absolute Gasteiger partial charge is 0.261 e. The van der Waals surface area contributed by atoms with E-state index in [1.165, 1.54) is 40.7 Å². The van der Waals surface area contributed by atoms with Crippen LogP contribution in [0, 0.1) is 0 Å². The van der Waals surface area contributed by atoms with Gasteiger partial charge in [0.1, 0.15) is 0 Å². The van der Waals surface area contributed by atoms with Gasteiger partial charge in [-0.2, -0.15) is 0 Å². The molecule has 42 heavy (non-hydrogen) atoms. The van der Waals surface area contributed by atoms with Crippen LogP contribution in [0.4, 0.5) is 17.1 Å². The molecule has 0 aliphatic heterocycles. The van der Waals surface area contributed by atoms with Crippen molar-refractivity contribution in [2.45, 2.75) is 11.4 Å². The zero-order valence-electron chi connectivity index (χ0n) is 22.4. The van der Waals surface area contributed by atoms with E-state index in [0.29, 0.717) is 33.2 Å². The highest BCUT2D eigenvalue weighted by Crippen LogP contribution is 2.27. The monoisotopic (exact) mass is 619 g/mol. The van der Waals surface area contributed by atoms with E-state index in [4.69, 9.17) is 11.6 Å². The summed E-state index contributed by atoms with van der Waals surface area (Å²) in [5, 5.41) is 4.87. The molecule has 214 valence electrons. The lowest BCUT2D eigenvalue weighted by Crippen LogP contribution is -2.29. The van der Waals surface area contributed by atoms with Crippen LogP contribution in [0.2, 0.25) is 5.02 Å². The van der Waals surface area contributed by atoms with Gasteiger partial charge in [-0.15, -0.1) is 0 Å². The van der Waals surface area contributed by atoms with Gasteiger partial charge >= 0.3 is 0 Å². The Morgan fingerprint density at radius 1 is 0.762 bits per heavy atom. The largest absolute Gasteiger partial charge is 0.322 e. The summed E-state index contributed by atoms with van der Waals surface area (Å²) in [4.78, 5) is 12.9. The van der Waals surface area contributed by atoms with Gasteiger partial charge in [0.15, 0.2) is 0 Å². The first kappa shape index (κ1) is 29.1. The minimum atomic E-state index is -3.88. The molecular formula is C31H26ClN3O5S2. The molecule has 0 saturated heterocycles. The lowest BCUT2D eigenvalue weighted by Gasteiger charge is -2.23. The molecule has 0 heterocycles. The van der Waals surface area contributed by atoms with Gasteiger partial charge < -0.3 is 5.32 Å².